The molecular weight excluding hydrogens is 204 g/mol. The Morgan fingerprint density at radius 3 is 2.35 bits per heavy atom. The second kappa shape index (κ2) is 5.25. The predicted octanol–water partition coefficient (Wildman–Crippen LogP) is 5.18. The lowest BCUT2D eigenvalue weighted by molar-refractivity contribution is 0.146. The van der Waals surface area contributed by atoms with Crippen molar-refractivity contribution in [3.8, 4) is 0 Å². The second-order valence-electron chi connectivity index (χ2n) is 6.15. The van der Waals surface area contributed by atoms with Gasteiger partial charge in [0, 0.05) is 0 Å². The summed E-state index contributed by atoms with van der Waals surface area (Å²) in [5.74, 6) is 1.79. The molecule has 0 spiro atoms. The van der Waals surface area contributed by atoms with Gasteiger partial charge >= 0.3 is 0 Å². The van der Waals surface area contributed by atoms with Crippen molar-refractivity contribution >= 4 is 0 Å². The van der Waals surface area contributed by atoms with Gasteiger partial charge in [-0.2, -0.15) is 0 Å². The van der Waals surface area contributed by atoms with Crippen LogP contribution in [-0.2, 0) is 5.41 Å². The van der Waals surface area contributed by atoms with Crippen LogP contribution in [0.2, 0.25) is 0 Å². The Kier molecular flexibility index (Phi) is 3.91. The lowest BCUT2D eigenvalue weighted by Gasteiger charge is -2.43. The van der Waals surface area contributed by atoms with E-state index in [9.17, 15) is 0 Å². The molecule has 2 unspecified atom stereocenters. The van der Waals surface area contributed by atoms with E-state index in [1.807, 2.05) is 0 Å². The summed E-state index contributed by atoms with van der Waals surface area (Å²) in [5.41, 5.74) is 1.85. The van der Waals surface area contributed by atoms with Crippen LogP contribution in [0.1, 0.15) is 58.4 Å². The zero-order valence-electron chi connectivity index (χ0n) is 11.6. The summed E-state index contributed by atoms with van der Waals surface area (Å²) < 4.78 is 0. The molecule has 0 bridgehead atoms. The van der Waals surface area contributed by atoms with Crippen LogP contribution in [0.3, 0.4) is 0 Å². The molecule has 0 amide bonds. The molecule has 1 aliphatic rings. The molecule has 0 N–H and O–H groups in total. The molecule has 17 heavy (non-hydrogen) atoms. The maximum atomic E-state index is 2.45. The Morgan fingerprint density at radius 2 is 1.71 bits per heavy atom. The third-order valence-electron chi connectivity index (χ3n) is 4.88. The van der Waals surface area contributed by atoms with Crippen molar-refractivity contribution in [2.75, 3.05) is 0 Å². The molecule has 1 aliphatic carbocycles. The largest absolute Gasteiger partial charge is 0.0651 e. The smallest absolute Gasteiger partial charge is 0.00727 e. The van der Waals surface area contributed by atoms with Crippen LogP contribution in [0.4, 0.5) is 0 Å². The minimum atomic E-state index is 0.336. The normalized spacial score (nSPS) is 25.8. The molecule has 0 radical (unpaired) electrons. The maximum absolute atomic E-state index is 2.45. The van der Waals surface area contributed by atoms with Gasteiger partial charge in [-0.25, -0.2) is 0 Å². The Balaban J connectivity index is 2.24. The van der Waals surface area contributed by atoms with Crippen molar-refractivity contribution in [1.29, 1.82) is 0 Å². The van der Waals surface area contributed by atoms with E-state index < -0.39 is 0 Å². The number of hydrogen-bond donors (Lipinski definition) is 0. The first kappa shape index (κ1) is 12.7. The predicted molar refractivity (Wildman–Crippen MR) is 75.2 cm³/mol. The highest BCUT2D eigenvalue weighted by molar-refractivity contribution is 5.25. The quantitative estimate of drug-likeness (QED) is 0.671. The zero-order valence-corrected chi connectivity index (χ0v) is 11.6. The van der Waals surface area contributed by atoms with Gasteiger partial charge in [-0.05, 0) is 29.2 Å². The van der Waals surface area contributed by atoms with Crippen LogP contribution >= 0.6 is 0 Å². The van der Waals surface area contributed by atoms with Crippen molar-refractivity contribution in [2.24, 2.45) is 11.8 Å². The minimum absolute atomic E-state index is 0.336. The average molecular weight is 230 g/mol. The fraction of sp³-hybridized carbons (Fsp3) is 0.647. The lowest BCUT2D eigenvalue weighted by atomic mass is 9.62. The van der Waals surface area contributed by atoms with Crippen molar-refractivity contribution in [3.63, 3.8) is 0 Å². The molecule has 0 heteroatoms. The van der Waals surface area contributed by atoms with Gasteiger partial charge in [0.2, 0.25) is 0 Å². The molecule has 0 heterocycles. The van der Waals surface area contributed by atoms with Crippen LogP contribution < -0.4 is 0 Å². The van der Waals surface area contributed by atoms with E-state index in [1.165, 1.54) is 37.7 Å². The van der Waals surface area contributed by atoms with Crippen LogP contribution in [0.15, 0.2) is 30.3 Å². The Morgan fingerprint density at radius 1 is 1.06 bits per heavy atom. The van der Waals surface area contributed by atoms with E-state index in [2.05, 4.69) is 51.1 Å². The highest BCUT2D eigenvalue weighted by Gasteiger charge is 2.37. The standard InChI is InChI=1S/C17H26/c1-4-14-10-8-9-13-16(14)17(2,3)15-11-6-5-7-12-15/h5-7,11-12,14,16H,4,8-10,13H2,1-3H3. The first-order chi connectivity index (χ1) is 8.16. The molecule has 1 saturated carbocycles. The number of benzene rings is 1. The first-order valence-electron chi connectivity index (χ1n) is 7.21. The molecule has 0 aliphatic heterocycles. The van der Waals surface area contributed by atoms with Gasteiger partial charge in [-0.3, -0.25) is 0 Å². The van der Waals surface area contributed by atoms with E-state index in [-0.39, 0.29) is 0 Å². The summed E-state index contributed by atoms with van der Waals surface area (Å²) in [5, 5.41) is 0. The molecule has 0 aromatic heterocycles. The SMILES string of the molecule is CCC1CCCCC1C(C)(C)c1ccccc1. The summed E-state index contributed by atoms with van der Waals surface area (Å²) in [6.07, 6.45) is 7.08. The van der Waals surface area contributed by atoms with Gasteiger partial charge in [-0.1, -0.05) is 76.8 Å². The third kappa shape index (κ3) is 2.56. The molecule has 1 fully saturated rings. The number of hydrogen-bond acceptors (Lipinski definition) is 0. The van der Waals surface area contributed by atoms with E-state index in [0.29, 0.717) is 5.41 Å². The van der Waals surface area contributed by atoms with Crippen LogP contribution in [0, 0.1) is 11.8 Å². The van der Waals surface area contributed by atoms with Crippen LogP contribution in [-0.4, -0.2) is 0 Å². The van der Waals surface area contributed by atoms with Crippen molar-refractivity contribution in [1.82, 2.24) is 0 Å². The van der Waals surface area contributed by atoms with Crippen LogP contribution in [0.25, 0.3) is 0 Å². The van der Waals surface area contributed by atoms with Crippen molar-refractivity contribution in [2.45, 2.75) is 58.3 Å². The molecule has 1 aromatic rings. The number of rotatable bonds is 3. The fourth-order valence-corrected chi connectivity index (χ4v) is 3.73. The minimum Gasteiger partial charge on any atom is -0.0651 e. The Bertz CT molecular complexity index is 336. The monoisotopic (exact) mass is 230 g/mol. The highest BCUT2D eigenvalue weighted by atomic mass is 14.4. The molecule has 2 rings (SSSR count). The lowest BCUT2D eigenvalue weighted by Crippen LogP contribution is -2.36. The molecular formula is C17H26. The fourth-order valence-electron chi connectivity index (χ4n) is 3.73. The van der Waals surface area contributed by atoms with Crippen molar-refractivity contribution in [3.05, 3.63) is 35.9 Å². The molecule has 0 nitrogen and oxygen atoms in total. The van der Waals surface area contributed by atoms with E-state index in [1.54, 1.807) is 0 Å². The van der Waals surface area contributed by atoms with Gasteiger partial charge in [0.15, 0.2) is 0 Å². The zero-order chi connectivity index (χ0) is 12.3. The van der Waals surface area contributed by atoms with Crippen molar-refractivity contribution < 1.29 is 0 Å². The Hall–Kier alpha value is -0.780. The van der Waals surface area contributed by atoms with Gasteiger partial charge < -0.3 is 0 Å². The molecule has 94 valence electrons. The van der Waals surface area contributed by atoms with E-state index >= 15 is 0 Å². The van der Waals surface area contributed by atoms with E-state index in [0.717, 1.165) is 11.8 Å². The van der Waals surface area contributed by atoms with Gasteiger partial charge in [0.05, 0.1) is 0 Å². The highest BCUT2D eigenvalue weighted by Crippen LogP contribution is 2.44. The molecule has 2 atom stereocenters. The van der Waals surface area contributed by atoms with Crippen LogP contribution in [0.5, 0.6) is 0 Å². The van der Waals surface area contributed by atoms with Gasteiger partial charge in [-0.15, -0.1) is 0 Å². The van der Waals surface area contributed by atoms with E-state index in [4.69, 9.17) is 0 Å². The van der Waals surface area contributed by atoms with Gasteiger partial charge in [0.1, 0.15) is 0 Å². The summed E-state index contributed by atoms with van der Waals surface area (Å²) in [7, 11) is 0. The van der Waals surface area contributed by atoms with Gasteiger partial charge in [0.25, 0.3) is 0 Å². The second-order valence-corrected chi connectivity index (χ2v) is 6.15. The Labute approximate surface area is 106 Å². The third-order valence-corrected chi connectivity index (χ3v) is 4.88. The maximum Gasteiger partial charge on any atom is -0.00727 e. The summed E-state index contributed by atoms with van der Waals surface area (Å²) in [6.45, 7) is 7.26. The molecule has 1 aromatic carbocycles. The summed E-state index contributed by atoms with van der Waals surface area (Å²) >= 11 is 0. The average Bonchev–Trinajstić information content (AvgIpc) is 2.39. The first-order valence-corrected chi connectivity index (χ1v) is 7.21. The summed E-state index contributed by atoms with van der Waals surface area (Å²) in [4.78, 5) is 0. The summed E-state index contributed by atoms with van der Waals surface area (Å²) in [6, 6.07) is 11.1. The topological polar surface area (TPSA) is 0 Å². The molecule has 0 saturated heterocycles.